The number of rotatable bonds is 1. The van der Waals surface area contributed by atoms with Crippen molar-refractivity contribution in [2.24, 2.45) is 5.41 Å². The van der Waals surface area contributed by atoms with E-state index < -0.39 is 0 Å². The molecule has 29 heavy (non-hydrogen) atoms. The monoisotopic (exact) mass is 389 g/mol. The highest BCUT2D eigenvalue weighted by Gasteiger charge is 2.56. The summed E-state index contributed by atoms with van der Waals surface area (Å²) in [5.41, 5.74) is 5.76. The molecule has 2 aromatic carbocycles. The first kappa shape index (κ1) is 18.2. The highest BCUT2D eigenvalue weighted by molar-refractivity contribution is 5.97. The number of piperidine rings is 1. The quantitative estimate of drug-likeness (QED) is 0.651. The number of aromatic nitrogens is 2. The number of aryl methyl sites for hydroxylation is 1. The van der Waals surface area contributed by atoms with Gasteiger partial charge >= 0.3 is 0 Å². The highest BCUT2D eigenvalue weighted by atomic mass is 16.3. The molecule has 1 aromatic heterocycles. The van der Waals surface area contributed by atoms with Crippen LogP contribution in [-0.4, -0.2) is 38.5 Å². The maximum absolute atomic E-state index is 13.5. The maximum Gasteiger partial charge on any atom is 0.254 e. The van der Waals surface area contributed by atoms with Crippen LogP contribution in [0.1, 0.15) is 54.2 Å². The van der Waals surface area contributed by atoms with Crippen LogP contribution < -0.4 is 0 Å². The van der Waals surface area contributed by atoms with E-state index in [9.17, 15) is 9.90 Å². The van der Waals surface area contributed by atoms with Crippen LogP contribution in [-0.2, 0) is 11.8 Å². The first-order chi connectivity index (χ1) is 13.7. The summed E-state index contributed by atoms with van der Waals surface area (Å²) in [6, 6.07) is 9.83. The molecular weight excluding hydrogens is 362 g/mol. The van der Waals surface area contributed by atoms with Gasteiger partial charge in [-0.25, -0.2) is 4.98 Å². The molecule has 0 spiro atoms. The van der Waals surface area contributed by atoms with Crippen molar-refractivity contribution in [3.8, 4) is 5.75 Å². The summed E-state index contributed by atoms with van der Waals surface area (Å²) >= 11 is 0. The van der Waals surface area contributed by atoms with Crippen LogP contribution >= 0.6 is 0 Å². The number of aromatic amines is 1. The third-order valence-electron chi connectivity index (χ3n) is 7.84. The van der Waals surface area contributed by atoms with E-state index in [-0.39, 0.29) is 22.8 Å². The number of likely N-dealkylation sites (tertiary alicyclic amines) is 1. The number of imidazole rings is 1. The molecule has 2 heterocycles. The van der Waals surface area contributed by atoms with Gasteiger partial charge in [-0.1, -0.05) is 26.8 Å². The number of hydrogen-bond acceptors (Lipinski definition) is 3. The van der Waals surface area contributed by atoms with Gasteiger partial charge in [-0.2, -0.15) is 0 Å². The van der Waals surface area contributed by atoms with Gasteiger partial charge in [0.05, 0.1) is 17.4 Å². The average Bonchev–Trinajstić information content (AvgIpc) is 3.14. The number of nitrogens with zero attached hydrogens (tertiary/aromatic N) is 2. The van der Waals surface area contributed by atoms with Crippen molar-refractivity contribution in [2.75, 3.05) is 6.54 Å². The van der Waals surface area contributed by atoms with Gasteiger partial charge in [-0.05, 0) is 66.1 Å². The summed E-state index contributed by atoms with van der Waals surface area (Å²) < 4.78 is 0. The lowest BCUT2D eigenvalue weighted by atomic mass is 9.51. The second-order valence-electron chi connectivity index (χ2n) is 9.45. The minimum Gasteiger partial charge on any atom is -0.508 e. The van der Waals surface area contributed by atoms with Crippen LogP contribution in [0.5, 0.6) is 5.75 Å². The molecule has 2 atom stereocenters. The smallest absolute Gasteiger partial charge is 0.254 e. The molecule has 0 saturated carbocycles. The number of carbonyl (C=O) groups excluding carboxylic acids is 1. The Balaban J connectivity index is 1.58. The number of benzene rings is 2. The first-order valence-corrected chi connectivity index (χ1v) is 10.3. The van der Waals surface area contributed by atoms with Gasteiger partial charge in [0.15, 0.2) is 0 Å². The van der Waals surface area contributed by atoms with Crippen LogP contribution in [0.2, 0.25) is 0 Å². The number of fused-ring (bicyclic) bond motifs is 5. The Morgan fingerprint density at radius 1 is 1.24 bits per heavy atom. The van der Waals surface area contributed by atoms with E-state index in [2.05, 4.69) is 41.7 Å². The molecule has 1 saturated heterocycles. The summed E-state index contributed by atoms with van der Waals surface area (Å²) in [5.74, 6) is 0.411. The lowest BCUT2D eigenvalue weighted by Gasteiger charge is -2.61. The summed E-state index contributed by atoms with van der Waals surface area (Å²) in [7, 11) is 0. The Bertz CT molecular complexity index is 1150. The number of phenolic OH excluding ortho intramolecular Hbond substituents is 1. The van der Waals surface area contributed by atoms with E-state index in [1.165, 1.54) is 11.1 Å². The molecular formula is C24H27N3O2. The van der Waals surface area contributed by atoms with Crippen molar-refractivity contribution in [2.45, 2.75) is 52.0 Å². The Labute approximate surface area is 170 Å². The molecule has 0 radical (unpaired) electrons. The zero-order chi connectivity index (χ0) is 20.6. The Kier molecular flexibility index (Phi) is 3.67. The van der Waals surface area contributed by atoms with Gasteiger partial charge in [0.25, 0.3) is 5.91 Å². The third-order valence-corrected chi connectivity index (χ3v) is 7.84. The summed E-state index contributed by atoms with van der Waals surface area (Å²) in [6.07, 6.45) is 3.33. The molecule has 0 unspecified atom stereocenters. The van der Waals surface area contributed by atoms with E-state index in [0.29, 0.717) is 11.3 Å². The molecule has 1 amide bonds. The lowest BCUT2D eigenvalue weighted by molar-refractivity contribution is -0.0262. The predicted octanol–water partition coefficient (Wildman–Crippen LogP) is 4.33. The first-order valence-electron chi connectivity index (χ1n) is 10.3. The minimum absolute atomic E-state index is 0.0339. The average molecular weight is 389 g/mol. The fraction of sp³-hybridized carbons (Fsp3) is 0.417. The second kappa shape index (κ2) is 5.85. The summed E-state index contributed by atoms with van der Waals surface area (Å²) in [4.78, 5) is 22.9. The number of phenols is 1. The molecule has 5 heteroatoms. The topological polar surface area (TPSA) is 69.2 Å². The van der Waals surface area contributed by atoms with Crippen LogP contribution in [0.3, 0.4) is 0 Å². The Morgan fingerprint density at radius 3 is 2.83 bits per heavy atom. The number of hydrogen-bond donors (Lipinski definition) is 2. The molecule has 150 valence electrons. The third kappa shape index (κ3) is 2.39. The van der Waals surface area contributed by atoms with Crippen LogP contribution in [0, 0.1) is 12.3 Å². The largest absolute Gasteiger partial charge is 0.508 e. The van der Waals surface area contributed by atoms with Crippen molar-refractivity contribution in [1.82, 2.24) is 14.9 Å². The zero-order valence-electron chi connectivity index (χ0n) is 17.4. The Hall–Kier alpha value is -2.82. The highest BCUT2D eigenvalue weighted by Crippen LogP contribution is 2.56. The van der Waals surface area contributed by atoms with E-state index in [0.717, 1.165) is 36.0 Å². The molecule has 3 aromatic rings. The second-order valence-corrected chi connectivity index (χ2v) is 9.45. The summed E-state index contributed by atoms with van der Waals surface area (Å²) in [6.45, 7) is 9.61. The Morgan fingerprint density at radius 2 is 2.03 bits per heavy atom. The molecule has 1 fully saturated rings. The number of aromatic hydroxyl groups is 1. The SMILES string of the molecule is Cc1cc2c(cc1O)C[C@H]1N(C(=O)c3ccc4nc[nH]c4c3)CC[C@]2(C)C1(C)C. The molecule has 5 rings (SSSR count). The van der Waals surface area contributed by atoms with E-state index in [1.54, 1.807) is 6.33 Å². The van der Waals surface area contributed by atoms with E-state index in [1.807, 2.05) is 31.2 Å². The fourth-order valence-electron chi connectivity index (χ4n) is 5.53. The van der Waals surface area contributed by atoms with Crippen molar-refractivity contribution < 1.29 is 9.90 Å². The van der Waals surface area contributed by atoms with Gasteiger partial charge in [-0.3, -0.25) is 4.79 Å². The molecule has 5 nitrogen and oxygen atoms in total. The summed E-state index contributed by atoms with van der Waals surface area (Å²) in [5, 5.41) is 10.3. The predicted molar refractivity (Wildman–Crippen MR) is 113 cm³/mol. The van der Waals surface area contributed by atoms with E-state index in [4.69, 9.17) is 0 Å². The number of H-pyrrole nitrogens is 1. The van der Waals surface area contributed by atoms with Crippen molar-refractivity contribution in [1.29, 1.82) is 0 Å². The van der Waals surface area contributed by atoms with Gasteiger partial charge in [-0.15, -0.1) is 0 Å². The molecule has 2 bridgehead atoms. The fourth-order valence-corrected chi connectivity index (χ4v) is 5.53. The minimum atomic E-state index is -0.0740. The van der Waals surface area contributed by atoms with Crippen LogP contribution in [0.4, 0.5) is 0 Å². The number of nitrogens with one attached hydrogen (secondary N) is 1. The van der Waals surface area contributed by atoms with E-state index >= 15 is 0 Å². The van der Waals surface area contributed by atoms with Crippen LogP contribution in [0.25, 0.3) is 11.0 Å². The molecule has 1 aliphatic carbocycles. The van der Waals surface area contributed by atoms with Gasteiger partial charge in [0.1, 0.15) is 5.75 Å². The normalized spacial score (nSPS) is 25.1. The molecule has 1 aliphatic heterocycles. The number of carbonyl (C=O) groups is 1. The zero-order valence-corrected chi connectivity index (χ0v) is 17.4. The molecule has 2 aliphatic rings. The van der Waals surface area contributed by atoms with Crippen molar-refractivity contribution in [3.05, 3.63) is 58.9 Å². The van der Waals surface area contributed by atoms with Crippen molar-refractivity contribution in [3.63, 3.8) is 0 Å². The van der Waals surface area contributed by atoms with Gasteiger partial charge in [0, 0.05) is 23.6 Å². The van der Waals surface area contributed by atoms with Crippen LogP contribution in [0.15, 0.2) is 36.7 Å². The lowest BCUT2D eigenvalue weighted by Crippen LogP contribution is -2.64. The van der Waals surface area contributed by atoms with Gasteiger partial charge in [0.2, 0.25) is 0 Å². The standard InChI is InChI=1S/C24H27N3O2/c1-14-9-17-16(11-20(14)28)12-21-23(2,3)24(17,4)7-8-27(21)22(29)15-5-6-18-19(10-15)26-13-25-18/h5-6,9-11,13,21,28H,7-8,12H2,1-4H3,(H,25,26)/t21-,24+/m1/s1. The van der Waals surface area contributed by atoms with Crippen molar-refractivity contribution >= 4 is 16.9 Å². The molecule has 2 N–H and O–H groups in total. The maximum atomic E-state index is 13.5. The number of amides is 1. The van der Waals surface area contributed by atoms with Gasteiger partial charge < -0.3 is 15.0 Å².